The molecule has 150 valence electrons. The molecule has 0 saturated heterocycles. The van der Waals surface area contributed by atoms with Crippen LogP contribution in [0.5, 0.6) is 0 Å². The number of esters is 1. The molecule has 3 amide bonds. The molecular formula is C21H19ClN2O5. The van der Waals surface area contributed by atoms with Crippen LogP contribution in [0.25, 0.3) is 0 Å². The van der Waals surface area contributed by atoms with Gasteiger partial charge in [0.05, 0.1) is 6.42 Å². The fourth-order valence-corrected chi connectivity index (χ4v) is 3.07. The first-order chi connectivity index (χ1) is 13.8. The fraction of sp³-hybridized carbons (Fsp3) is 0.238. The highest BCUT2D eigenvalue weighted by Crippen LogP contribution is 2.19. The van der Waals surface area contributed by atoms with Crippen molar-refractivity contribution in [3.63, 3.8) is 0 Å². The predicted molar refractivity (Wildman–Crippen MR) is 105 cm³/mol. The Kier molecular flexibility index (Phi) is 6.29. The topological polar surface area (TPSA) is 84.0 Å². The van der Waals surface area contributed by atoms with Gasteiger partial charge in [0.25, 0.3) is 11.8 Å². The van der Waals surface area contributed by atoms with Crippen molar-refractivity contribution < 1.29 is 23.9 Å². The van der Waals surface area contributed by atoms with Gasteiger partial charge in [0.2, 0.25) is 5.91 Å². The maximum atomic E-state index is 12.4. The van der Waals surface area contributed by atoms with E-state index in [1.165, 1.54) is 4.90 Å². The Morgan fingerprint density at radius 1 is 1.10 bits per heavy atom. The molecule has 0 spiro atoms. The van der Waals surface area contributed by atoms with Crippen molar-refractivity contribution in [3.8, 4) is 0 Å². The smallest absolute Gasteiger partial charge is 0.326 e. The molecule has 2 aromatic rings. The number of halogens is 1. The lowest BCUT2D eigenvalue weighted by atomic mass is 9.98. The Morgan fingerprint density at radius 3 is 2.52 bits per heavy atom. The van der Waals surface area contributed by atoms with E-state index in [0.29, 0.717) is 22.7 Å². The summed E-state index contributed by atoms with van der Waals surface area (Å²) in [7, 11) is 1.58. The molecule has 3 rings (SSSR count). The highest BCUT2D eigenvalue weighted by Gasteiger charge is 2.32. The van der Waals surface area contributed by atoms with Gasteiger partial charge in [0.15, 0.2) is 6.61 Å². The van der Waals surface area contributed by atoms with Gasteiger partial charge in [0, 0.05) is 24.2 Å². The molecule has 1 heterocycles. The first-order valence-corrected chi connectivity index (χ1v) is 9.29. The normalized spacial score (nSPS) is 13.1. The minimum atomic E-state index is -0.820. The van der Waals surface area contributed by atoms with Crippen LogP contribution < -0.4 is 0 Å². The zero-order valence-corrected chi connectivity index (χ0v) is 16.5. The van der Waals surface area contributed by atoms with Crippen LogP contribution in [0.4, 0.5) is 0 Å². The van der Waals surface area contributed by atoms with E-state index in [-0.39, 0.29) is 6.42 Å². The van der Waals surface area contributed by atoms with Gasteiger partial charge in [-0.2, -0.15) is 0 Å². The number of fused-ring (bicyclic) bond motifs is 1. The van der Waals surface area contributed by atoms with Gasteiger partial charge in [-0.3, -0.25) is 24.1 Å². The minimum Gasteiger partial charge on any atom is -0.454 e. The van der Waals surface area contributed by atoms with Crippen molar-refractivity contribution >= 4 is 35.3 Å². The minimum absolute atomic E-state index is 0.0396. The number of amides is 3. The molecule has 0 aliphatic carbocycles. The summed E-state index contributed by atoms with van der Waals surface area (Å²) in [6.07, 6.45) is 0.0396. The Balaban J connectivity index is 1.51. The van der Waals surface area contributed by atoms with E-state index in [1.807, 2.05) is 0 Å². The largest absolute Gasteiger partial charge is 0.454 e. The fourth-order valence-electron chi connectivity index (χ4n) is 2.94. The first kappa shape index (κ1) is 20.5. The Labute approximate surface area is 172 Å². The highest BCUT2D eigenvalue weighted by atomic mass is 35.5. The summed E-state index contributed by atoms with van der Waals surface area (Å²) in [5.41, 5.74) is 1.89. The van der Waals surface area contributed by atoms with Crippen molar-refractivity contribution in [2.24, 2.45) is 0 Å². The molecular weight excluding hydrogens is 396 g/mol. The zero-order chi connectivity index (χ0) is 21.0. The number of ether oxygens (including phenoxy) is 1. The van der Waals surface area contributed by atoms with Gasteiger partial charge in [-0.05, 0) is 29.3 Å². The molecule has 2 aromatic carbocycles. The maximum absolute atomic E-state index is 12.4. The van der Waals surface area contributed by atoms with Crippen molar-refractivity contribution in [1.82, 2.24) is 9.80 Å². The van der Waals surface area contributed by atoms with E-state index >= 15 is 0 Å². The van der Waals surface area contributed by atoms with Crippen LogP contribution in [0.3, 0.4) is 0 Å². The molecule has 0 fully saturated rings. The number of hydrogen-bond donors (Lipinski definition) is 0. The second-order valence-electron chi connectivity index (χ2n) is 6.66. The second kappa shape index (κ2) is 8.87. The standard InChI is InChI=1S/C21H19ClN2O5/c1-23(11-14-6-8-16(22)9-7-14)19(26)13-29-20(27)12-24-18(25)10-15-4-2-3-5-17(15)21(24)28/h2-9H,10-13H2,1H3. The summed E-state index contributed by atoms with van der Waals surface area (Å²) in [5.74, 6) is -2.24. The van der Waals surface area contributed by atoms with Crippen molar-refractivity contribution in [3.05, 3.63) is 70.2 Å². The molecule has 0 bridgehead atoms. The second-order valence-corrected chi connectivity index (χ2v) is 7.09. The van der Waals surface area contributed by atoms with E-state index in [4.69, 9.17) is 16.3 Å². The van der Waals surface area contributed by atoms with Crippen molar-refractivity contribution in [1.29, 1.82) is 0 Å². The average molecular weight is 415 g/mol. The van der Waals surface area contributed by atoms with Crippen LogP contribution in [0, 0.1) is 0 Å². The maximum Gasteiger partial charge on any atom is 0.326 e. The summed E-state index contributed by atoms with van der Waals surface area (Å²) in [4.78, 5) is 51.2. The lowest BCUT2D eigenvalue weighted by Crippen LogP contribution is -2.45. The van der Waals surface area contributed by atoms with Crippen molar-refractivity contribution in [2.75, 3.05) is 20.2 Å². The van der Waals surface area contributed by atoms with Crippen LogP contribution in [-0.4, -0.2) is 53.7 Å². The third kappa shape index (κ3) is 5.00. The Morgan fingerprint density at radius 2 is 1.79 bits per heavy atom. The summed E-state index contributed by atoms with van der Waals surface area (Å²) < 4.78 is 4.97. The number of rotatable bonds is 6. The van der Waals surface area contributed by atoms with E-state index in [2.05, 4.69) is 0 Å². The first-order valence-electron chi connectivity index (χ1n) is 8.92. The van der Waals surface area contributed by atoms with Gasteiger partial charge < -0.3 is 9.64 Å². The highest BCUT2D eigenvalue weighted by molar-refractivity contribution is 6.30. The number of hydrogen-bond acceptors (Lipinski definition) is 5. The van der Waals surface area contributed by atoms with Crippen LogP contribution in [0.1, 0.15) is 21.5 Å². The van der Waals surface area contributed by atoms with Crippen LogP contribution in [-0.2, 0) is 32.1 Å². The lowest BCUT2D eigenvalue weighted by Gasteiger charge is -2.26. The molecule has 1 aliphatic rings. The molecule has 29 heavy (non-hydrogen) atoms. The molecule has 8 heteroatoms. The lowest BCUT2D eigenvalue weighted by molar-refractivity contribution is -0.153. The molecule has 0 unspecified atom stereocenters. The van der Waals surface area contributed by atoms with E-state index < -0.39 is 36.8 Å². The summed E-state index contributed by atoms with van der Waals surface area (Å²) >= 11 is 5.83. The van der Waals surface area contributed by atoms with Gasteiger partial charge in [-0.25, -0.2) is 0 Å². The molecule has 1 aliphatic heterocycles. The number of carbonyl (C=O) groups excluding carboxylic acids is 4. The number of imide groups is 1. The van der Waals surface area contributed by atoms with Crippen LogP contribution >= 0.6 is 11.6 Å². The number of nitrogens with zero attached hydrogens (tertiary/aromatic N) is 2. The summed E-state index contributed by atoms with van der Waals surface area (Å²) in [6, 6.07) is 13.8. The summed E-state index contributed by atoms with van der Waals surface area (Å²) in [5, 5.41) is 0.598. The number of carbonyl (C=O) groups is 4. The van der Waals surface area contributed by atoms with E-state index in [1.54, 1.807) is 55.6 Å². The van der Waals surface area contributed by atoms with E-state index in [9.17, 15) is 19.2 Å². The third-order valence-electron chi connectivity index (χ3n) is 4.54. The Hall–Kier alpha value is -3.19. The quantitative estimate of drug-likeness (QED) is 0.533. The molecule has 7 nitrogen and oxygen atoms in total. The molecule has 0 saturated carbocycles. The van der Waals surface area contributed by atoms with Crippen LogP contribution in [0.15, 0.2) is 48.5 Å². The van der Waals surface area contributed by atoms with Gasteiger partial charge >= 0.3 is 5.97 Å². The number of benzene rings is 2. The molecule has 0 radical (unpaired) electrons. The van der Waals surface area contributed by atoms with Gasteiger partial charge in [0.1, 0.15) is 6.54 Å². The molecule has 0 aromatic heterocycles. The average Bonchev–Trinajstić information content (AvgIpc) is 2.71. The molecule has 0 atom stereocenters. The monoisotopic (exact) mass is 414 g/mol. The van der Waals surface area contributed by atoms with Crippen LogP contribution in [0.2, 0.25) is 5.02 Å². The SMILES string of the molecule is CN(Cc1ccc(Cl)cc1)C(=O)COC(=O)CN1C(=O)Cc2ccccc2C1=O. The van der Waals surface area contributed by atoms with Crippen molar-refractivity contribution in [2.45, 2.75) is 13.0 Å². The van der Waals surface area contributed by atoms with E-state index in [0.717, 1.165) is 10.5 Å². The van der Waals surface area contributed by atoms with Gasteiger partial charge in [-0.1, -0.05) is 41.9 Å². The molecule has 0 N–H and O–H groups in total. The zero-order valence-electron chi connectivity index (χ0n) is 15.8. The Bertz CT molecular complexity index is 958. The van der Waals surface area contributed by atoms with Gasteiger partial charge in [-0.15, -0.1) is 0 Å². The predicted octanol–water partition coefficient (Wildman–Crippen LogP) is 2.07. The number of likely N-dealkylation sites (N-methyl/N-ethyl adjacent to an activating group) is 1. The summed E-state index contributed by atoms with van der Waals surface area (Å²) in [6.45, 7) is -0.677. The third-order valence-corrected chi connectivity index (χ3v) is 4.79.